The van der Waals surface area contributed by atoms with Crippen molar-refractivity contribution < 1.29 is 4.79 Å². The number of carbonyl (C=O) groups is 1. The van der Waals surface area contributed by atoms with E-state index < -0.39 is 0 Å². The maximum absolute atomic E-state index is 12.5. The minimum atomic E-state index is 0. The zero-order chi connectivity index (χ0) is 18.5. The first-order chi connectivity index (χ1) is 13.3. The molecule has 5 nitrogen and oxygen atoms in total. The Kier molecular flexibility index (Phi) is 6.85. The fourth-order valence-electron chi connectivity index (χ4n) is 3.49. The van der Waals surface area contributed by atoms with Crippen LogP contribution >= 0.6 is 12.4 Å². The molecule has 1 aliphatic rings. The lowest BCUT2D eigenvalue weighted by Gasteiger charge is -2.21. The summed E-state index contributed by atoms with van der Waals surface area (Å²) in [6.45, 7) is 2.25. The molecule has 0 radical (unpaired) electrons. The van der Waals surface area contributed by atoms with Crippen molar-refractivity contribution in [2.75, 3.05) is 13.1 Å². The molecule has 2 heterocycles. The monoisotopic (exact) mass is 396 g/mol. The minimum absolute atomic E-state index is 0. The number of nitrogens with one attached hydrogen (secondary N) is 2. The lowest BCUT2D eigenvalue weighted by atomic mass is 9.99. The highest BCUT2D eigenvalue weighted by molar-refractivity contribution is 5.85. The summed E-state index contributed by atoms with van der Waals surface area (Å²) in [4.78, 5) is 12.5. The SMILES string of the molecule is Cl.O=C(NCc1cn(-c2ccccc2)nc1-c1ccccc1)C1CCCNC1. The normalized spacial score (nSPS) is 16.2. The number of nitrogens with zero attached hydrogens (tertiary/aromatic N) is 2. The van der Waals surface area contributed by atoms with Crippen molar-refractivity contribution in [3.63, 3.8) is 0 Å². The molecule has 146 valence electrons. The molecule has 2 aromatic carbocycles. The zero-order valence-electron chi connectivity index (χ0n) is 15.7. The average molecular weight is 397 g/mol. The van der Waals surface area contributed by atoms with Gasteiger partial charge in [-0.2, -0.15) is 5.10 Å². The van der Waals surface area contributed by atoms with Gasteiger partial charge < -0.3 is 10.6 Å². The molecule has 1 unspecified atom stereocenters. The van der Waals surface area contributed by atoms with Crippen molar-refractivity contribution in [2.45, 2.75) is 19.4 Å². The number of aromatic nitrogens is 2. The van der Waals surface area contributed by atoms with Crippen LogP contribution in [-0.2, 0) is 11.3 Å². The molecule has 1 amide bonds. The maximum atomic E-state index is 12.5. The molecule has 1 fully saturated rings. The van der Waals surface area contributed by atoms with Crippen LogP contribution in [0, 0.1) is 5.92 Å². The first-order valence-corrected chi connectivity index (χ1v) is 9.49. The average Bonchev–Trinajstić information content (AvgIpc) is 3.18. The summed E-state index contributed by atoms with van der Waals surface area (Å²) in [5.41, 5.74) is 3.98. The van der Waals surface area contributed by atoms with Gasteiger partial charge in [0.1, 0.15) is 0 Å². The number of benzene rings is 2. The minimum Gasteiger partial charge on any atom is -0.352 e. The topological polar surface area (TPSA) is 59.0 Å². The fourth-order valence-corrected chi connectivity index (χ4v) is 3.49. The summed E-state index contributed by atoms with van der Waals surface area (Å²) in [6, 6.07) is 20.1. The number of halogens is 1. The molecule has 1 saturated heterocycles. The van der Waals surface area contributed by atoms with E-state index in [1.165, 1.54) is 0 Å². The Labute approximate surface area is 171 Å². The van der Waals surface area contributed by atoms with Gasteiger partial charge in [-0.15, -0.1) is 12.4 Å². The van der Waals surface area contributed by atoms with Gasteiger partial charge in [0.15, 0.2) is 0 Å². The molecule has 28 heavy (non-hydrogen) atoms. The highest BCUT2D eigenvalue weighted by atomic mass is 35.5. The van der Waals surface area contributed by atoms with Crippen LogP contribution in [0.4, 0.5) is 0 Å². The van der Waals surface area contributed by atoms with Crippen LogP contribution in [0.2, 0.25) is 0 Å². The van der Waals surface area contributed by atoms with E-state index in [1.54, 1.807) is 0 Å². The van der Waals surface area contributed by atoms with Crippen LogP contribution in [-0.4, -0.2) is 28.8 Å². The third-order valence-electron chi connectivity index (χ3n) is 4.98. The van der Waals surface area contributed by atoms with Crippen LogP contribution in [0.25, 0.3) is 16.9 Å². The van der Waals surface area contributed by atoms with Crippen LogP contribution in [0.3, 0.4) is 0 Å². The summed E-state index contributed by atoms with van der Waals surface area (Å²) < 4.78 is 1.88. The van der Waals surface area contributed by atoms with Gasteiger partial charge in [-0.3, -0.25) is 4.79 Å². The number of piperidine rings is 1. The summed E-state index contributed by atoms with van der Waals surface area (Å²) in [5.74, 6) is 0.178. The Morgan fingerprint density at radius 2 is 1.82 bits per heavy atom. The molecular formula is C22H25ClN4O. The van der Waals surface area contributed by atoms with Crippen LogP contribution in [0.1, 0.15) is 18.4 Å². The second kappa shape index (κ2) is 9.53. The van der Waals surface area contributed by atoms with Crippen molar-refractivity contribution in [2.24, 2.45) is 5.92 Å². The number of para-hydroxylation sites is 1. The number of rotatable bonds is 5. The number of hydrogen-bond acceptors (Lipinski definition) is 3. The van der Waals surface area contributed by atoms with Gasteiger partial charge in [-0.1, -0.05) is 48.5 Å². The standard InChI is InChI=1S/C22H24N4O.ClH/c27-22(18-10-7-13-23-14-18)24-15-19-16-26(20-11-5-2-6-12-20)25-21(19)17-8-3-1-4-9-17;/h1-6,8-9,11-12,16,18,23H,7,10,13-15H2,(H,24,27);1H. The Hall–Kier alpha value is -2.63. The predicted octanol–water partition coefficient (Wildman–Crippen LogP) is 3.58. The third kappa shape index (κ3) is 4.61. The van der Waals surface area contributed by atoms with Gasteiger partial charge >= 0.3 is 0 Å². The molecule has 3 aromatic rings. The molecule has 2 N–H and O–H groups in total. The molecule has 6 heteroatoms. The quantitative estimate of drug-likeness (QED) is 0.693. The Morgan fingerprint density at radius 1 is 1.11 bits per heavy atom. The summed E-state index contributed by atoms with van der Waals surface area (Å²) in [7, 11) is 0. The van der Waals surface area contributed by atoms with E-state index >= 15 is 0 Å². The fraction of sp³-hybridized carbons (Fsp3) is 0.273. The predicted molar refractivity (Wildman–Crippen MR) is 114 cm³/mol. The van der Waals surface area contributed by atoms with Gasteiger partial charge in [-0.25, -0.2) is 4.68 Å². The molecule has 1 aromatic heterocycles. The number of amides is 1. The van der Waals surface area contributed by atoms with Crippen molar-refractivity contribution in [1.82, 2.24) is 20.4 Å². The molecular weight excluding hydrogens is 372 g/mol. The van der Waals surface area contributed by atoms with Gasteiger partial charge in [-0.05, 0) is 31.5 Å². The van der Waals surface area contributed by atoms with E-state index in [0.717, 1.165) is 48.4 Å². The van der Waals surface area contributed by atoms with E-state index in [4.69, 9.17) is 5.10 Å². The molecule has 0 bridgehead atoms. The first-order valence-electron chi connectivity index (χ1n) is 9.49. The molecule has 1 aliphatic heterocycles. The van der Waals surface area contributed by atoms with E-state index in [0.29, 0.717) is 6.54 Å². The van der Waals surface area contributed by atoms with E-state index in [2.05, 4.69) is 10.6 Å². The Bertz CT molecular complexity index is 889. The number of carbonyl (C=O) groups excluding carboxylic acids is 1. The Morgan fingerprint density at radius 3 is 2.50 bits per heavy atom. The van der Waals surface area contributed by atoms with Gasteiger partial charge in [0, 0.05) is 30.4 Å². The van der Waals surface area contributed by atoms with Gasteiger partial charge in [0.05, 0.1) is 17.3 Å². The van der Waals surface area contributed by atoms with E-state index in [1.807, 2.05) is 71.5 Å². The second-order valence-electron chi connectivity index (χ2n) is 6.91. The smallest absolute Gasteiger partial charge is 0.224 e. The van der Waals surface area contributed by atoms with Crippen molar-refractivity contribution in [3.8, 4) is 16.9 Å². The van der Waals surface area contributed by atoms with Crippen LogP contribution in [0.15, 0.2) is 66.9 Å². The second-order valence-corrected chi connectivity index (χ2v) is 6.91. The molecule has 0 saturated carbocycles. The summed E-state index contributed by atoms with van der Waals surface area (Å²) >= 11 is 0. The maximum Gasteiger partial charge on any atom is 0.224 e. The van der Waals surface area contributed by atoms with Gasteiger partial charge in [0.2, 0.25) is 5.91 Å². The molecule has 0 aliphatic carbocycles. The first kappa shape index (κ1) is 20.1. The molecule has 4 rings (SSSR count). The van der Waals surface area contributed by atoms with Crippen molar-refractivity contribution in [1.29, 1.82) is 0 Å². The Balaban J connectivity index is 0.00000225. The van der Waals surface area contributed by atoms with E-state index in [9.17, 15) is 4.79 Å². The van der Waals surface area contributed by atoms with Crippen LogP contribution in [0.5, 0.6) is 0 Å². The lowest BCUT2D eigenvalue weighted by Crippen LogP contribution is -2.40. The van der Waals surface area contributed by atoms with Crippen LogP contribution < -0.4 is 10.6 Å². The number of hydrogen-bond donors (Lipinski definition) is 2. The third-order valence-corrected chi connectivity index (χ3v) is 4.98. The lowest BCUT2D eigenvalue weighted by molar-refractivity contribution is -0.125. The zero-order valence-corrected chi connectivity index (χ0v) is 16.5. The highest BCUT2D eigenvalue weighted by Crippen LogP contribution is 2.23. The van der Waals surface area contributed by atoms with E-state index in [-0.39, 0.29) is 24.2 Å². The molecule has 1 atom stereocenters. The largest absolute Gasteiger partial charge is 0.352 e. The van der Waals surface area contributed by atoms with Gasteiger partial charge in [0.25, 0.3) is 0 Å². The summed E-state index contributed by atoms with van der Waals surface area (Å²) in [6.07, 6.45) is 4.02. The van der Waals surface area contributed by atoms with Crippen molar-refractivity contribution in [3.05, 3.63) is 72.4 Å². The highest BCUT2D eigenvalue weighted by Gasteiger charge is 2.21. The van der Waals surface area contributed by atoms with Crippen molar-refractivity contribution >= 4 is 18.3 Å². The summed E-state index contributed by atoms with van der Waals surface area (Å²) in [5, 5.41) is 11.2. The molecule has 0 spiro atoms.